The minimum atomic E-state index is -0.281. The summed E-state index contributed by atoms with van der Waals surface area (Å²) in [5, 5.41) is 3.23. The number of nitrogens with two attached hydrogens (primary N) is 1. The molecule has 1 heterocycles. The number of rotatable bonds is 3. The van der Waals surface area contributed by atoms with E-state index in [1.165, 1.54) is 11.3 Å². The molecule has 5 nitrogen and oxygen atoms in total. The van der Waals surface area contributed by atoms with Crippen LogP contribution in [0, 0.1) is 12.3 Å². The Hall–Kier alpha value is -1.74. The zero-order valence-electron chi connectivity index (χ0n) is 8.57. The molecule has 1 rings (SSSR count). The lowest BCUT2D eigenvalue weighted by atomic mass is 10.4. The summed E-state index contributed by atoms with van der Waals surface area (Å²) in [4.78, 5) is 17.8. The second-order valence-electron chi connectivity index (χ2n) is 2.99. The number of nitrogens with zero attached hydrogens (tertiary/aromatic N) is 2. The summed E-state index contributed by atoms with van der Waals surface area (Å²) in [6, 6.07) is 0. The molecule has 3 N–H and O–H groups in total. The van der Waals surface area contributed by atoms with E-state index in [0.29, 0.717) is 10.0 Å². The fraction of sp³-hybridized carbons (Fsp3) is 0.333. The summed E-state index contributed by atoms with van der Waals surface area (Å²) in [5.41, 5.74) is 5.61. The molecule has 15 heavy (non-hydrogen) atoms. The largest absolute Gasteiger partial charge is 0.382 e. The van der Waals surface area contributed by atoms with Gasteiger partial charge in [-0.15, -0.1) is 6.42 Å². The average Bonchev–Trinajstić information content (AvgIpc) is 2.57. The Morgan fingerprint density at radius 2 is 2.40 bits per heavy atom. The maximum Gasteiger partial charge on any atom is 0.266 e. The van der Waals surface area contributed by atoms with E-state index in [-0.39, 0.29) is 18.3 Å². The van der Waals surface area contributed by atoms with Gasteiger partial charge in [-0.3, -0.25) is 4.79 Å². The van der Waals surface area contributed by atoms with E-state index in [2.05, 4.69) is 16.2 Å². The molecule has 80 valence electrons. The fourth-order valence-electron chi connectivity index (χ4n) is 0.886. The van der Waals surface area contributed by atoms with Crippen LogP contribution in [0.5, 0.6) is 0 Å². The van der Waals surface area contributed by atoms with Crippen LogP contribution in [0.1, 0.15) is 9.67 Å². The van der Waals surface area contributed by atoms with E-state index < -0.39 is 0 Å². The Balaban J connectivity index is 2.86. The van der Waals surface area contributed by atoms with E-state index in [0.717, 1.165) is 0 Å². The molecule has 0 radical (unpaired) electrons. The molecule has 0 unspecified atom stereocenters. The van der Waals surface area contributed by atoms with Gasteiger partial charge in [-0.1, -0.05) is 17.3 Å². The van der Waals surface area contributed by atoms with Gasteiger partial charge in [0.25, 0.3) is 5.91 Å². The molecule has 6 heteroatoms. The highest BCUT2D eigenvalue weighted by atomic mass is 32.1. The molecule has 1 aromatic rings. The van der Waals surface area contributed by atoms with Gasteiger partial charge in [0.2, 0.25) is 0 Å². The molecule has 0 aliphatic heterocycles. The Kier molecular flexibility index (Phi) is 3.52. The second-order valence-corrected chi connectivity index (χ2v) is 3.97. The summed E-state index contributed by atoms with van der Waals surface area (Å²) in [6.45, 7) is 0.188. The third kappa shape index (κ3) is 2.60. The molecule has 0 aliphatic rings. The molecular weight excluding hydrogens is 212 g/mol. The van der Waals surface area contributed by atoms with Gasteiger partial charge in [-0.2, -0.15) is 0 Å². The van der Waals surface area contributed by atoms with E-state index in [4.69, 9.17) is 12.2 Å². The van der Waals surface area contributed by atoms with Gasteiger partial charge in [0.1, 0.15) is 10.7 Å². The predicted octanol–water partition coefficient (Wildman–Crippen LogP) is 0.154. The molecule has 0 aliphatic carbocycles. The van der Waals surface area contributed by atoms with Gasteiger partial charge in [-0.25, -0.2) is 4.98 Å². The van der Waals surface area contributed by atoms with Gasteiger partial charge in [0, 0.05) is 14.1 Å². The van der Waals surface area contributed by atoms with Crippen LogP contribution in [-0.2, 0) is 0 Å². The second kappa shape index (κ2) is 4.66. The quantitative estimate of drug-likeness (QED) is 0.717. The predicted molar refractivity (Wildman–Crippen MR) is 62.0 cm³/mol. The third-order valence-electron chi connectivity index (χ3n) is 1.58. The molecule has 0 fully saturated rings. The van der Waals surface area contributed by atoms with Crippen molar-refractivity contribution in [2.75, 3.05) is 31.3 Å². The van der Waals surface area contributed by atoms with E-state index >= 15 is 0 Å². The first-order valence-corrected chi connectivity index (χ1v) is 5.03. The minimum Gasteiger partial charge on any atom is -0.382 e. The van der Waals surface area contributed by atoms with Crippen molar-refractivity contribution in [1.29, 1.82) is 0 Å². The van der Waals surface area contributed by atoms with Crippen molar-refractivity contribution < 1.29 is 4.79 Å². The highest BCUT2D eigenvalue weighted by molar-refractivity contribution is 7.18. The standard InChI is InChI=1S/C9H12N4OS/c1-4-5-11-8(14)6-7(10)12-9(15-6)13(2)3/h1H,5,10H2,2-3H3,(H,11,14). The molecule has 0 bridgehead atoms. The number of nitrogen functional groups attached to an aromatic ring is 1. The summed E-state index contributed by atoms with van der Waals surface area (Å²) in [5.74, 6) is 2.27. The van der Waals surface area contributed by atoms with E-state index in [9.17, 15) is 4.79 Å². The van der Waals surface area contributed by atoms with E-state index in [1.54, 1.807) is 4.90 Å². The van der Waals surface area contributed by atoms with Crippen molar-refractivity contribution >= 4 is 28.2 Å². The number of carbonyl (C=O) groups is 1. The van der Waals surface area contributed by atoms with Crippen LogP contribution < -0.4 is 16.0 Å². The Labute approximate surface area is 92.3 Å². The molecular formula is C9H12N4OS. The minimum absolute atomic E-state index is 0.188. The third-order valence-corrected chi connectivity index (χ3v) is 2.82. The van der Waals surface area contributed by atoms with Gasteiger partial charge < -0.3 is 16.0 Å². The van der Waals surface area contributed by atoms with Crippen LogP contribution >= 0.6 is 11.3 Å². The number of nitrogens with one attached hydrogen (secondary N) is 1. The Bertz CT molecular complexity index is 405. The number of aromatic nitrogens is 1. The van der Waals surface area contributed by atoms with Crippen molar-refractivity contribution in [3.05, 3.63) is 4.88 Å². The zero-order valence-corrected chi connectivity index (χ0v) is 9.39. The highest BCUT2D eigenvalue weighted by Crippen LogP contribution is 2.26. The van der Waals surface area contributed by atoms with Crippen molar-refractivity contribution in [3.63, 3.8) is 0 Å². The monoisotopic (exact) mass is 224 g/mol. The summed E-state index contributed by atoms with van der Waals surface area (Å²) >= 11 is 1.24. The van der Waals surface area contributed by atoms with Crippen molar-refractivity contribution in [2.45, 2.75) is 0 Å². The first kappa shape index (κ1) is 11.3. The summed E-state index contributed by atoms with van der Waals surface area (Å²) < 4.78 is 0. The van der Waals surface area contributed by atoms with Crippen LogP contribution in [0.15, 0.2) is 0 Å². The highest BCUT2D eigenvalue weighted by Gasteiger charge is 2.16. The van der Waals surface area contributed by atoms with Crippen LogP contribution in [0.4, 0.5) is 10.9 Å². The first-order chi connectivity index (χ1) is 7.06. The van der Waals surface area contributed by atoms with Crippen LogP contribution in [0.3, 0.4) is 0 Å². The maximum atomic E-state index is 11.5. The van der Waals surface area contributed by atoms with Gasteiger partial charge in [0.05, 0.1) is 6.54 Å². The summed E-state index contributed by atoms with van der Waals surface area (Å²) in [7, 11) is 3.67. The Morgan fingerprint density at radius 3 is 2.87 bits per heavy atom. The van der Waals surface area contributed by atoms with Gasteiger partial charge in [-0.05, 0) is 0 Å². The first-order valence-electron chi connectivity index (χ1n) is 4.21. The molecule has 0 atom stereocenters. The molecule has 0 spiro atoms. The Morgan fingerprint density at radius 1 is 1.73 bits per heavy atom. The molecule has 0 aromatic carbocycles. The number of carbonyl (C=O) groups excluding carboxylic acids is 1. The van der Waals surface area contributed by atoms with Gasteiger partial charge >= 0.3 is 0 Å². The van der Waals surface area contributed by atoms with Crippen molar-refractivity contribution in [1.82, 2.24) is 10.3 Å². The topological polar surface area (TPSA) is 71.2 Å². The van der Waals surface area contributed by atoms with E-state index in [1.807, 2.05) is 14.1 Å². The lowest BCUT2D eigenvalue weighted by Gasteiger charge is -2.04. The average molecular weight is 224 g/mol. The maximum absolute atomic E-state index is 11.5. The smallest absolute Gasteiger partial charge is 0.266 e. The lowest BCUT2D eigenvalue weighted by molar-refractivity contribution is 0.0963. The molecule has 0 saturated heterocycles. The van der Waals surface area contributed by atoms with Crippen LogP contribution in [0.2, 0.25) is 0 Å². The summed E-state index contributed by atoms with van der Waals surface area (Å²) in [6.07, 6.45) is 5.03. The fourth-order valence-corrected chi connectivity index (χ4v) is 1.71. The number of anilines is 2. The number of thiazole rings is 1. The number of terminal acetylenes is 1. The molecule has 1 aromatic heterocycles. The van der Waals surface area contributed by atoms with Crippen LogP contribution in [0.25, 0.3) is 0 Å². The number of amides is 1. The van der Waals surface area contributed by atoms with Gasteiger partial charge in [0.15, 0.2) is 5.13 Å². The molecule has 0 saturated carbocycles. The van der Waals surface area contributed by atoms with Crippen molar-refractivity contribution in [2.24, 2.45) is 0 Å². The normalized spacial score (nSPS) is 9.40. The SMILES string of the molecule is C#CCNC(=O)c1sc(N(C)C)nc1N. The van der Waals surface area contributed by atoms with Crippen LogP contribution in [-0.4, -0.2) is 31.5 Å². The number of hydrogen-bond donors (Lipinski definition) is 2. The molecule has 1 amide bonds. The number of hydrogen-bond acceptors (Lipinski definition) is 5. The lowest BCUT2D eigenvalue weighted by Crippen LogP contribution is -2.23. The zero-order chi connectivity index (χ0) is 11.4. The van der Waals surface area contributed by atoms with Crippen molar-refractivity contribution in [3.8, 4) is 12.3 Å².